The minimum atomic E-state index is 0. The van der Waals surface area contributed by atoms with Crippen LogP contribution in [0.5, 0.6) is 0 Å². The van der Waals surface area contributed by atoms with Crippen molar-refractivity contribution in [1.29, 1.82) is 0 Å². The maximum absolute atomic E-state index is 11.9. The van der Waals surface area contributed by atoms with Gasteiger partial charge in [0.1, 0.15) is 0 Å². The number of carbonyl (C=O) groups is 1. The lowest BCUT2D eigenvalue weighted by Gasteiger charge is -2.11. The second kappa shape index (κ2) is 4.77. The van der Waals surface area contributed by atoms with Crippen molar-refractivity contribution in [1.82, 2.24) is 0 Å². The summed E-state index contributed by atoms with van der Waals surface area (Å²) in [6.07, 6.45) is 4.51. The molecule has 0 saturated heterocycles. The van der Waals surface area contributed by atoms with Gasteiger partial charge in [-0.3, -0.25) is 4.79 Å². The number of Topliss-reactive ketones (excluding diaryl/α,β-unsaturated/α-hetero) is 1. The molecule has 0 radical (unpaired) electrons. The number of carbonyl (C=O) groups excluding carboxylic acids is 1. The van der Waals surface area contributed by atoms with Gasteiger partial charge in [-0.25, -0.2) is 0 Å². The topological polar surface area (TPSA) is 17.1 Å². The van der Waals surface area contributed by atoms with Gasteiger partial charge in [-0.15, -0.1) is 12.4 Å². The van der Waals surface area contributed by atoms with Crippen LogP contribution in [0, 0.1) is 0 Å². The molecule has 0 aliphatic heterocycles. The number of ketones is 1. The van der Waals surface area contributed by atoms with E-state index in [-0.39, 0.29) is 18.2 Å². The summed E-state index contributed by atoms with van der Waals surface area (Å²) in [7, 11) is 0. The Balaban J connectivity index is 0.00000121. The normalized spacial score (nSPS) is 13.3. The zero-order valence-corrected chi connectivity index (χ0v) is 11.6. The van der Waals surface area contributed by atoms with Gasteiger partial charge in [0, 0.05) is 12.0 Å². The number of rotatable bonds is 0. The van der Waals surface area contributed by atoms with E-state index in [2.05, 4.69) is 36.4 Å². The smallest absolute Gasteiger partial charge is 0.167 e. The number of allylic oxidation sites excluding steroid dienone is 1. The van der Waals surface area contributed by atoms with Gasteiger partial charge < -0.3 is 0 Å². The minimum Gasteiger partial charge on any atom is -0.294 e. The maximum atomic E-state index is 11.9. The Kier molecular flexibility index (Phi) is 3.07. The molecular weight excluding hydrogens is 268 g/mol. The van der Waals surface area contributed by atoms with Crippen LogP contribution in [0.3, 0.4) is 0 Å². The van der Waals surface area contributed by atoms with Gasteiger partial charge in [-0.05, 0) is 51.4 Å². The average Bonchev–Trinajstić information content (AvgIpc) is 2.44. The Morgan fingerprint density at radius 3 is 2.15 bits per heavy atom. The molecule has 98 valence electrons. The predicted molar refractivity (Wildman–Crippen MR) is 86.7 cm³/mol. The molecule has 0 bridgehead atoms. The van der Waals surface area contributed by atoms with E-state index in [1.54, 1.807) is 0 Å². The van der Waals surface area contributed by atoms with Crippen molar-refractivity contribution in [2.24, 2.45) is 0 Å². The largest absolute Gasteiger partial charge is 0.294 e. The van der Waals surface area contributed by atoms with Crippen LogP contribution in [0.4, 0.5) is 0 Å². The molecule has 3 aromatic carbocycles. The van der Waals surface area contributed by atoms with Gasteiger partial charge in [-0.2, -0.15) is 0 Å². The second-order valence-corrected chi connectivity index (χ2v) is 5.02. The van der Waals surface area contributed by atoms with E-state index >= 15 is 0 Å². The summed E-state index contributed by atoms with van der Waals surface area (Å²) in [5, 5.41) is 4.78. The lowest BCUT2D eigenvalue weighted by molar-refractivity contribution is 0.0994. The van der Waals surface area contributed by atoms with E-state index in [1.807, 2.05) is 24.3 Å². The third-order valence-corrected chi connectivity index (χ3v) is 3.77. The van der Waals surface area contributed by atoms with Crippen LogP contribution < -0.4 is 0 Å². The third kappa shape index (κ3) is 1.91. The zero-order valence-electron chi connectivity index (χ0n) is 10.8. The molecule has 0 atom stereocenters. The predicted octanol–water partition coefficient (Wildman–Crippen LogP) is 5.01. The van der Waals surface area contributed by atoms with Gasteiger partial charge in [0.15, 0.2) is 5.78 Å². The summed E-state index contributed by atoms with van der Waals surface area (Å²) >= 11 is 0. The first-order valence-corrected chi connectivity index (χ1v) is 6.47. The van der Waals surface area contributed by atoms with Crippen molar-refractivity contribution in [2.75, 3.05) is 0 Å². The SMILES string of the molecule is Cl.O=C1CC=Cc2cc3cc4ccccc4cc3cc21. The molecule has 1 aliphatic rings. The number of benzene rings is 3. The molecule has 0 unspecified atom stereocenters. The van der Waals surface area contributed by atoms with Gasteiger partial charge in [0.2, 0.25) is 0 Å². The monoisotopic (exact) mass is 280 g/mol. The van der Waals surface area contributed by atoms with E-state index < -0.39 is 0 Å². The molecule has 0 spiro atoms. The molecule has 1 nitrogen and oxygen atoms in total. The molecule has 0 saturated carbocycles. The Labute approximate surface area is 123 Å². The van der Waals surface area contributed by atoms with Gasteiger partial charge in [0.05, 0.1) is 0 Å². The summed E-state index contributed by atoms with van der Waals surface area (Å²) in [6, 6.07) is 16.8. The molecular formula is C18H13ClO. The van der Waals surface area contributed by atoms with Gasteiger partial charge >= 0.3 is 0 Å². The Morgan fingerprint density at radius 1 is 0.800 bits per heavy atom. The first-order chi connectivity index (χ1) is 9.31. The van der Waals surface area contributed by atoms with Crippen LogP contribution in [0.2, 0.25) is 0 Å². The lowest BCUT2D eigenvalue weighted by Crippen LogP contribution is -2.03. The fourth-order valence-corrected chi connectivity index (χ4v) is 2.79. The van der Waals surface area contributed by atoms with Crippen LogP contribution in [-0.2, 0) is 0 Å². The van der Waals surface area contributed by atoms with Crippen molar-refractivity contribution in [3.63, 3.8) is 0 Å². The average molecular weight is 281 g/mol. The molecule has 0 amide bonds. The Hall–Kier alpha value is -2.12. The van der Waals surface area contributed by atoms with Gasteiger partial charge in [-0.1, -0.05) is 36.4 Å². The highest BCUT2D eigenvalue weighted by Gasteiger charge is 2.14. The quantitative estimate of drug-likeness (QED) is 0.529. The summed E-state index contributed by atoms with van der Waals surface area (Å²) in [6.45, 7) is 0. The van der Waals surface area contributed by atoms with Crippen LogP contribution in [0.1, 0.15) is 22.3 Å². The van der Waals surface area contributed by atoms with Crippen molar-refractivity contribution >= 4 is 45.8 Å². The lowest BCUT2D eigenvalue weighted by atomic mass is 9.92. The fraction of sp³-hybridized carbons (Fsp3) is 0.0556. The number of hydrogen-bond acceptors (Lipinski definition) is 1. The fourth-order valence-electron chi connectivity index (χ4n) is 2.79. The van der Waals surface area contributed by atoms with Crippen molar-refractivity contribution in [2.45, 2.75) is 6.42 Å². The van der Waals surface area contributed by atoms with E-state index in [1.165, 1.54) is 16.2 Å². The first kappa shape index (κ1) is 12.9. The standard InChI is InChI=1S/C18H12O.ClH/c19-18-7-3-6-14-10-15-8-12-4-1-2-5-13(12)9-16(15)11-17(14)18;/h1-6,8-11H,7H2;1H. The minimum absolute atomic E-state index is 0. The first-order valence-electron chi connectivity index (χ1n) is 6.47. The molecule has 1 aliphatic carbocycles. The zero-order chi connectivity index (χ0) is 12.8. The summed E-state index contributed by atoms with van der Waals surface area (Å²) in [5.74, 6) is 0.215. The highest BCUT2D eigenvalue weighted by Crippen LogP contribution is 2.28. The number of halogens is 1. The number of hydrogen-bond donors (Lipinski definition) is 0. The molecule has 0 N–H and O–H groups in total. The van der Waals surface area contributed by atoms with Crippen LogP contribution >= 0.6 is 12.4 Å². The van der Waals surface area contributed by atoms with E-state index in [9.17, 15) is 4.79 Å². The molecule has 4 rings (SSSR count). The molecule has 20 heavy (non-hydrogen) atoms. The van der Waals surface area contributed by atoms with Crippen molar-refractivity contribution in [3.8, 4) is 0 Å². The summed E-state index contributed by atoms with van der Waals surface area (Å²) < 4.78 is 0. The van der Waals surface area contributed by atoms with Crippen LogP contribution in [0.15, 0.2) is 54.6 Å². The Bertz CT molecular complexity index is 862. The summed E-state index contributed by atoms with van der Waals surface area (Å²) in [5.41, 5.74) is 1.89. The van der Waals surface area contributed by atoms with Crippen molar-refractivity contribution < 1.29 is 4.79 Å². The molecule has 0 fully saturated rings. The Morgan fingerprint density at radius 2 is 1.45 bits per heavy atom. The van der Waals surface area contributed by atoms with Crippen molar-refractivity contribution in [3.05, 3.63) is 65.7 Å². The number of fused-ring (bicyclic) bond motifs is 3. The molecule has 0 heterocycles. The summed E-state index contributed by atoms with van der Waals surface area (Å²) in [4.78, 5) is 11.9. The van der Waals surface area contributed by atoms with E-state index in [0.717, 1.165) is 16.5 Å². The third-order valence-electron chi connectivity index (χ3n) is 3.77. The highest BCUT2D eigenvalue weighted by molar-refractivity contribution is 6.08. The van der Waals surface area contributed by atoms with Crippen LogP contribution in [-0.4, -0.2) is 5.78 Å². The molecule has 2 heteroatoms. The maximum Gasteiger partial charge on any atom is 0.167 e. The molecule has 3 aromatic rings. The molecule has 0 aromatic heterocycles. The highest BCUT2D eigenvalue weighted by atomic mass is 35.5. The second-order valence-electron chi connectivity index (χ2n) is 5.02. The van der Waals surface area contributed by atoms with Crippen LogP contribution in [0.25, 0.3) is 27.6 Å². The van der Waals surface area contributed by atoms with Gasteiger partial charge in [0.25, 0.3) is 0 Å². The van der Waals surface area contributed by atoms with E-state index in [0.29, 0.717) is 6.42 Å². The van der Waals surface area contributed by atoms with E-state index in [4.69, 9.17) is 0 Å².